The van der Waals surface area contributed by atoms with E-state index in [0.717, 1.165) is 43.6 Å². The number of aryl methyl sites for hydroxylation is 2. The summed E-state index contributed by atoms with van der Waals surface area (Å²) in [6, 6.07) is 18.7. The van der Waals surface area contributed by atoms with Gasteiger partial charge in [-0.3, -0.25) is 0 Å². The van der Waals surface area contributed by atoms with Gasteiger partial charge in [0, 0.05) is 55.1 Å². The Labute approximate surface area is 239 Å². The highest BCUT2D eigenvalue weighted by molar-refractivity contribution is 5.55. The number of rotatable bonds is 8. The molecule has 7 nitrogen and oxygen atoms in total. The fourth-order valence-corrected chi connectivity index (χ4v) is 5.96. The van der Waals surface area contributed by atoms with Crippen LogP contribution in [0.3, 0.4) is 0 Å². The topological polar surface area (TPSA) is 55.7 Å². The van der Waals surface area contributed by atoms with Crippen LogP contribution >= 0.6 is 0 Å². The van der Waals surface area contributed by atoms with Gasteiger partial charge in [-0.2, -0.15) is 5.10 Å². The van der Waals surface area contributed by atoms with Gasteiger partial charge >= 0.3 is 0 Å². The van der Waals surface area contributed by atoms with Crippen molar-refractivity contribution >= 4 is 11.4 Å². The second-order valence-electron chi connectivity index (χ2n) is 11.2. The molecule has 0 radical (unpaired) electrons. The molecule has 2 fully saturated rings. The Kier molecular flexibility index (Phi) is 7.62. The van der Waals surface area contributed by atoms with Crippen LogP contribution in [-0.2, 0) is 16.9 Å². The van der Waals surface area contributed by atoms with E-state index in [0.29, 0.717) is 25.2 Å². The highest BCUT2D eigenvalue weighted by Gasteiger charge is 2.44. The van der Waals surface area contributed by atoms with E-state index in [9.17, 15) is 8.78 Å². The average Bonchev–Trinajstić information content (AvgIpc) is 3.63. The van der Waals surface area contributed by atoms with Crippen LogP contribution in [0.2, 0.25) is 0 Å². The Morgan fingerprint density at radius 2 is 1.66 bits per heavy atom. The number of ether oxygens (including phenoxy) is 2. The van der Waals surface area contributed by atoms with Crippen LogP contribution < -0.4 is 14.5 Å². The summed E-state index contributed by atoms with van der Waals surface area (Å²) in [6.45, 7) is 9.15. The first-order chi connectivity index (χ1) is 19.9. The van der Waals surface area contributed by atoms with Gasteiger partial charge in [-0.05, 0) is 62.2 Å². The number of aromatic nitrogens is 3. The van der Waals surface area contributed by atoms with E-state index in [1.54, 1.807) is 11.0 Å². The van der Waals surface area contributed by atoms with E-state index in [1.807, 2.05) is 6.07 Å². The SMILES string of the molecule is Cc1ccc(N2CCN(c3ccc(OC[C@@H]4CO[C@@](Cn5cncn5)(c5ccc(F)cc5F)C4)c(C)c3)CC2)cc1. The van der Waals surface area contributed by atoms with Crippen LogP contribution in [0, 0.1) is 31.4 Å². The number of hydrogen-bond acceptors (Lipinski definition) is 6. The van der Waals surface area contributed by atoms with Crippen molar-refractivity contribution in [3.05, 3.63) is 102 Å². The molecule has 0 bridgehead atoms. The van der Waals surface area contributed by atoms with Crippen molar-refractivity contribution in [2.75, 3.05) is 49.2 Å². The molecule has 3 heterocycles. The number of benzene rings is 3. The third kappa shape index (κ3) is 5.91. The Morgan fingerprint density at radius 3 is 2.34 bits per heavy atom. The van der Waals surface area contributed by atoms with Gasteiger partial charge in [-0.25, -0.2) is 18.4 Å². The second-order valence-corrected chi connectivity index (χ2v) is 11.2. The molecule has 4 aromatic rings. The van der Waals surface area contributed by atoms with Crippen molar-refractivity contribution in [3.63, 3.8) is 0 Å². The third-order valence-electron chi connectivity index (χ3n) is 8.20. The maximum absolute atomic E-state index is 14.9. The molecule has 2 saturated heterocycles. The van der Waals surface area contributed by atoms with Crippen molar-refractivity contribution in [2.24, 2.45) is 5.92 Å². The zero-order valence-corrected chi connectivity index (χ0v) is 23.5. The summed E-state index contributed by atoms with van der Waals surface area (Å²) in [5.41, 5.74) is 4.15. The number of anilines is 2. The van der Waals surface area contributed by atoms with Crippen molar-refractivity contribution < 1.29 is 18.3 Å². The van der Waals surface area contributed by atoms with Crippen molar-refractivity contribution in [2.45, 2.75) is 32.4 Å². The normalized spacial score (nSPS) is 20.9. The summed E-state index contributed by atoms with van der Waals surface area (Å²) in [6.07, 6.45) is 3.52. The van der Waals surface area contributed by atoms with E-state index in [1.165, 1.54) is 35.4 Å². The molecule has 9 heteroatoms. The summed E-state index contributed by atoms with van der Waals surface area (Å²) in [5, 5.41) is 4.19. The molecule has 41 heavy (non-hydrogen) atoms. The van der Waals surface area contributed by atoms with Gasteiger partial charge in [-0.15, -0.1) is 0 Å². The van der Waals surface area contributed by atoms with Gasteiger partial charge in [0.2, 0.25) is 0 Å². The number of nitrogens with zero attached hydrogens (tertiary/aromatic N) is 5. The Hall–Kier alpha value is -3.98. The predicted octanol–water partition coefficient (Wildman–Crippen LogP) is 5.51. The van der Waals surface area contributed by atoms with Gasteiger partial charge in [0.15, 0.2) is 0 Å². The average molecular weight is 560 g/mol. The molecule has 1 aromatic heterocycles. The second kappa shape index (κ2) is 11.5. The summed E-state index contributed by atoms with van der Waals surface area (Å²) < 4.78 is 42.7. The molecule has 0 saturated carbocycles. The molecule has 2 atom stereocenters. The lowest BCUT2D eigenvalue weighted by Crippen LogP contribution is -2.46. The Balaban J connectivity index is 1.08. The fraction of sp³-hybridized carbons (Fsp3) is 0.375. The van der Waals surface area contributed by atoms with Crippen LogP contribution in [0.15, 0.2) is 73.3 Å². The van der Waals surface area contributed by atoms with Gasteiger partial charge in [0.1, 0.15) is 35.6 Å². The third-order valence-corrected chi connectivity index (χ3v) is 8.20. The van der Waals surface area contributed by atoms with Crippen LogP contribution in [-0.4, -0.2) is 54.2 Å². The minimum absolute atomic E-state index is 0.0249. The van der Waals surface area contributed by atoms with Gasteiger partial charge in [0.25, 0.3) is 0 Å². The zero-order valence-electron chi connectivity index (χ0n) is 23.5. The van der Waals surface area contributed by atoms with Crippen molar-refractivity contribution in [3.8, 4) is 5.75 Å². The van der Waals surface area contributed by atoms with E-state index >= 15 is 0 Å². The molecule has 0 aliphatic carbocycles. The number of halogens is 2. The molecular weight excluding hydrogens is 524 g/mol. The predicted molar refractivity (Wildman–Crippen MR) is 154 cm³/mol. The molecule has 3 aromatic carbocycles. The van der Waals surface area contributed by atoms with Gasteiger partial charge in [0.05, 0.1) is 19.8 Å². The van der Waals surface area contributed by atoms with E-state index in [-0.39, 0.29) is 12.5 Å². The summed E-state index contributed by atoms with van der Waals surface area (Å²) >= 11 is 0. The first kappa shape index (κ1) is 27.2. The first-order valence-corrected chi connectivity index (χ1v) is 14.1. The molecule has 2 aliphatic rings. The minimum atomic E-state index is -0.987. The Morgan fingerprint density at radius 1 is 0.927 bits per heavy atom. The van der Waals surface area contributed by atoms with Crippen LogP contribution in [0.4, 0.5) is 20.2 Å². The quantitative estimate of drug-likeness (QED) is 0.284. The zero-order chi connectivity index (χ0) is 28.4. The molecule has 214 valence electrons. The first-order valence-electron chi connectivity index (χ1n) is 14.1. The summed E-state index contributed by atoms with van der Waals surface area (Å²) in [7, 11) is 0. The van der Waals surface area contributed by atoms with E-state index < -0.39 is 17.2 Å². The molecule has 0 spiro atoms. The van der Waals surface area contributed by atoms with Crippen LogP contribution in [0.1, 0.15) is 23.1 Å². The molecule has 0 unspecified atom stereocenters. The summed E-state index contributed by atoms with van der Waals surface area (Å²) in [5.74, 6) is -0.393. The van der Waals surface area contributed by atoms with Crippen LogP contribution in [0.5, 0.6) is 5.75 Å². The molecule has 0 amide bonds. The lowest BCUT2D eigenvalue weighted by molar-refractivity contribution is -0.0206. The van der Waals surface area contributed by atoms with E-state index in [4.69, 9.17) is 9.47 Å². The molecule has 6 rings (SSSR count). The van der Waals surface area contributed by atoms with Gasteiger partial charge in [-0.1, -0.05) is 23.8 Å². The standard InChI is InChI=1S/C32H35F2N5O2/c1-23-3-6-27(7-4-23)37-11-13-38(14-12-37)28-8-10-31(24(2)15-28)40-18-25-17-32(41-19-25,20-39-22-35-21-36-39)29-9-5-26(33)16-30(29)34/h3-10,15-16,21-22,25H,11-14,17-20H2,1-2H3/t25-,32+/m1/s1. The lowest BCUT2D eigenvalue weighted by Gasteiger charge is -2.37. The fourth-order valence-electron chi connectivity index (χ4n) is 5.96. The lowest BCUT2D eigenvalue weighted by atomic mass is 9.87. The highest BCUT2D eigenvalue weighted by Crippen LogP contribution is 2.42. The Bertz CT molecular complexity index is 1470. The van der Waals surface area contributed by atoms with Gasteiger partial charge < -0.3 is 19.3 Å². The molecule has 2 aliphatic heterocycles. The minimum Gasteiger partial charge on any atom is -0.493 e. The maximum atomic E-state index is 14.9. The van der Waals surface area contributed by atoms with Crippen LogP contribution in [0.25, 0.3) is 0 Å². The smallest absolute Gasteiger partial charge is 0.137 e. The monoisotopic (exact) mass is 559 g/mol. The highest BCUT2D eigenvalue weighted by atomic mass is 19.1. The number of piperazine rings is 1. The maximum Gasteiger partial charge on any atom is 0.137 e. The number of hydrogen-bond donors (Lipinski definition) is 0. The molecular formula is C32H35F2N5O2. The van der Waals surface area contributed by atoms with Crippen molar-refractivity contribution in [1.82, 2.24) is 14.8 Å². The van der Waals surface area contributed by atoms with Crippen molar-refractivity contribution in [1.29, 1.82) is 0 Å². The molecule has 0 N–H and O–H groups in total. The van der Waals surface area contributed by atoms with E-state index in [2.05, 4.69) is 70.1 Å². The largest absolute Gasteiger partial charge is 0.493 e. The summed E-state index contributed by atoms with van der Waals surface area (Å²) in [4.78, 5) is 8.86.